The van der Waals surface area contributed by atoms with Crippen molar-refractivity contribution in [3.63, 3.8) is 0 Å². The van der Waals surface area contributed by atoms with Gasteiger partial charge in [-0.15, -0.1) is 0 Å². The van der Waals surface area contributed by atoms with E-state index in [0.717, 1.165) is 11.1 Å². The standard InChI is InChI=1S/C16H24N2O3/c1-12(2)9-18(11-15(19)20)16(21)17(4)10-14-7-5-6-13(3)8-14/h5-8,12H,9-11H2,1-4H3,(H,19,20). The van der Waals surface area contributed by atoms with Crippen molar-refractivity contribution in [3.8, 4) is 0 Å². The summed E-state index contributed by atoms with van der Waals surface area (Å²) in [7, 11) is 1.69. The maximum atomic E-state index is 12.4. The van der Waals surface area contributed by atoms with Gasteiger partial charge in [-0.25, -0.2) is 4.79 Å². The highest BCUT2D eigenvalue weighted by molar-refractivity contribution is 5.80. The number of rotatable bonds is 6. The second-order valence-corrected chi connectivity index (χ2v) is 5.80. The molecule has 0 bridgehead atoms. The summed E-state index contributed by atoms with van der Waals surface area (Å²) in [5, 5.41) is 8.94. The summed E-state index contributed by atoms with van der Waals surface area (Å²) in [5.41, 5.74) is 2.17. The fourth-order valence-corrected chi connectivity index (χ4v) is 2.21. The van der Waals surface area contributed by atoms with Gasteiger partial charge in [-0.2, -0.15) is 0 Å². The number of amides is 2. The average molecular weight is 292 g/mol. The van der Waals surface area contributed by atoms with Crippen LogP contribution in [-0.4, -0.2) is 47.0 Å². The number of nitrogens with zero attached hydrogens (tertiary/aromatic N) is 2. The number of hydrogen-bond donors (Lipinski definition) is 1. The van der Waals surface area contributed by atoms with Gasteiger partial charge in [-0.3, -0.25) is 4.79 Å². The average Bonchev–Trinajstić information content (AvgIpc) is 2.35. The largest absolute Gasteiger partial charge is 0.480 e. The zero-order chi connectivity index (χ0) is 16.0. The molecule has 1 rings (SSSR count). The van der Waals surface area contributed by atoms with Gasteiger partial charge in [0.1, 0.15) is 6.54 Å². The molecule has 0 heterocycles. The molecule has 1 aromatic rings. The van der Waals surface area contributed by atoms with Crippen LogP contribution in [0.3, 0.4) is 0 Å². The lowest BCUT2D eigenvalue weighted by molar-refractivity contribution is -0.137. The number of carboxylic acid groups (broad SMARTS) is 1. The van der Waals surface area contributed by atoms with Gasteiger partial charge < -0.3 is 14.9 Å². The Morgan fingerprint density at radius 3 is 2.48 bits per heavy atom. The molecule has 0 aliphatic heterocycles. The maximum Gasteiger partial charge on any atom is 0.323 e. The molecule has 0 fully saturated rings. The quantitative estimate of drug-likeness (QED) is 0.876. The van der Waals surface area contributed by atoms with Crippen LogP contribution < -0.4 is 0 Å². The highest BCUT2D eigenvalue weighted by Crippen LogP contribution is 2.09. The summed E-state index contributed by atoms with van der Waals surface area (Å²) in [5.74, 6) is -0.770. The van der Waals surface area contributed by atoms with Gasteiger partial charge in [0.15, 0.2) is 0 Å². The molecule has 0 aliphatic carbocycles. The Labute approximate surface area is 126 Å². The van der Waals surface area contributed by atoms with E-state index in [4.69, 9.17) is 5.11 Å². The third kappa shape index (κ3) is 5.85. The number of carboxylic acids is 1. The van der Waals surface area contributed by atoms with Crippen molar-refractivity contribution in [1.29, 1.82) is 0 Å². The second-order valence-electron chi connectivity index (χ2n) is 5.80. The number of urea groups is 1. The molecule has 5 heteroatoms. The molecule has 0 atom stereocenters. The zero-order valence-electron chi connectivity index (χ0n) is 13.2. The minimum Gasteiger partial charge on any atom is -0.480 e. The van der Waals surface area contributed by atoms with Crippen LogP contribution in [0.15, 0.2) is 24.3 Å². The van der Waals surface area contributed by atoms with Crippen molar-refractivity contribution in [2.45, 2.75) is 27.3 Å². The lowest BCUT2D eigenvalue weighted by Gasteiger charge is -2.28. The number of aliphatic carboxylic acids is 1. The molecule has 0 radical (unpaired) electrons. The molecule has 1 aromatic carbocycles. The van der Waals surface area contributed by atoms with Gasteiger partial charge in [0.05, 0.1) is 0 Å². The van der Waals surface area contributed by atoms with Crippen LogP contribution in [0.1, 0.15) is 25.0 Å². The van der Waals surface area contributed by atoms with E-state index in [0.29, 0.717) is 13.1 Å². The first-order valence-electron chi connectivity index (χ1n) is 7.07. The minimum absolute atomic E-state index is 0.223. The van der Waals surface area contributed by atoms with E-state index in [-0.39, 0.29) is 18.5 Å². The van der Waals surface area contributed by atoms with Crippen molar-refractivity contribution in [1.82, 2.24) is 9.80 Å². The van der Waals surface area contributed by atoms with Crippen LogP contribution in [-0.2, 0) is 11.3 Å². The number of aryl methyl sites for hydroxylation is 1. The second kappa shape index (κ2) is 7.67. The van der Waals surface area contributed by atoms with Gasteiger partial charge in [-0.05, 0) is 18.4 Å². The molecular weight excluding hydrogens is 268 g/mol. The van der Waals surface area contributed by atoms with Crippen LogP contribution in [0.2, 0.25) is 0 Å². The Hall–Kier alpha value is -2.04. The predicted octanol–water partition coefficient (Wildman–Crippen LogP) is 2.59. The molecule has 0 aromatic heterocycles. The van der Waals surface area contributed by atoms with Crippen LogP contribution in [0.4, 0.5) is 4.79 Å². The van der Waals surface area contributed by atoms with E-state index >= 15 is 0 Å². The fourth-order valence-electron chi connectivity index (χ4n) is 2.21. The Morgan fingerprint density at radius 2 is 1.95 bits per heavy atom. The normalized spacial score (nSPS) is 10.5. The molecule has 116 valence electrons. The third-order valence-corrected chi connectivity index (χ3v) is 3.01. The van der Waals surface area contributed by atoms with Crippen molar-refractivity contribution in [2.24, 2.45) is 5.92 Å². The molecule has 2 amide bonds. The first-order valence-corrected chi connectivity index (χ1v) is 7.07. The van der Waals surface area contributed by atoms with Crippen LogP contribution >= 0.6 is 0 Å². The summed E-state index contributed by atoms with van der Waals surface area (Å²) in [6, 6.07) is 7.68. The number of carbonyl (C=O) groups is 2. The Bertz CT molecular complexity index is 500. The summed E-state index contributed by atoms with van der Waals surface area (Å²) >= 11 is 0. The first-order chi connectivity index (χ1) is 9.79. The summed E-state index contributed by atoms with van der Waals surface area (Å²) in [6.45, 7) is 6.55. The Morgan fingerprint density at radius 1 is 1.29 bits per heavy atom. The lowest BCUT2D eigenvalue weighted by atomic mass is 10.1. The van der Waals surface area contributed by atoms with Gasteiger partial charge in [0.25, 0.3) is 0 Å². The topological polar surface area (TPSA) is 60.9 Å². The highest BCUT2D eigenvalue weighted by Gasteiger charge is 2.21. The highest BCUT2D eigenvalue weighted by atomic mass is 16.4. The van der Waals surface area contributed by atoms with Gasteiger partial charge in [0, 0.05) is 20.1 Å². The number of hydrogen-bond acceptors (Lipinski definition) is 2. The molecule has 21 heavy (non-hydrogen) atoms. The zero-order valence-corrected chi connectivity index (χ0v) is 13.2. The minimum atomic E-state index is -0.993. The summed E-state index contributed by atoms with van der Waals surface area (Å²) in [4.78, 5) is 26.2. The molecule has 5 nitrogen and oxygen atoms in total. The molecule has 0 aliphatic rings. The van der Waals surface area contributed by atoms with E-state index in [1.165, 1.54) is 4.90 Å². The van der Waals surface area contributed by atoms with Crippen LogP contribution in [0, 0.1) is 12.8 Å². The Kier molecular flexibility index (Phi) is 6.21. The molecule has 0 unspecified atom stereocenters. The maximum absolute atomic E-state index is 12.4. The predicted molar refractivity (Wildman–Crippen MR) is 82.1 cm³/mol. The van der Waals surface area contributed by atoms with Crippen molar-refractivity contribution >= 4 is 12.0 Å². The molecule has 1 N–H and O–H groups in total. The molecular formula is C16H24N2O3. The van der Waals surface area contributed by atoms with E-state index in [9.17, 15) is 9.59 Å². The van der Waals surface area contributed by atoms with E-state index < -0.39 is 5.97 Å². The smallest absolute Gasteiger partial charge is 0.323 e. The lowest BCUT2D eigenvalue weighted by Crippen LogP contribution is -2.45. The van der Waals surface area contributed by atoms with Gasteiger partial charge in [0.2, 0.25) is 0 Å². The van der Waals surface area contributed by atoms with E-state index in [2.05, 4.69) is 0 Å². The first kappa shape index (κ1) is 17.0. The monoisotopic (exact) mass is 292 g/mol. The molecule has 0 saturated carbocycles. The summed E-state index contributed by atoms with van der Waals surface area (Å²) < 4.78 is 0. The number of carbonyl (C=O) groups excluding carboxylic acids is 1. The van der Waals surface area contributed by atoms with Gasteiger partial charge in [-0.1, -0.05) is 43.7 Å². The molecule has 0 saturated heterocycles. The van der Waals surface area contributed by atoms with Crippen LogP contribution in [0.5, 0.6) is 0 Å². The SMILES string of the molecule is Cc1cccc(CN(C)C(=O)N(CC(=O)O)CC(C)C)c1. The van der Waals surface area contributed by atoms with E-state index in [1.807, 2.05) is 45.0 Å². The Balaban J connectivity index is 2.75. The fraction of sp³-hybridized carbons (Fsp3) is 0.500. The number of benzene rings is 1. The summed E-state index contributed by atoms with van der Waals surface area (Å²) in [6.07, 6.45) is 0. The molecule has 0 spiro atoms. The van der Waals surface area contributed by atoms with Crippen LogP contribution in [0.25, 0.3) is 0 Å². The van der Waals surface area contributed by atoms with Crippen molar-refractivity contribution in [3.05, 3.63) is 35.4 Å². The van der Waals surface area contributed by atoms with Crippen molar-refractivity contribution < 1.29 is 14.7 Å². The van der Waals surface area contributed by atoms with Gasteiger partial charge >= 0.3 is 12.0 Å². The van der Waals surface area contributed by atoms with E-state index in [1.54, 1.807) is 11.9 Å². The third-order valence-electron chi connectivity index (χ3n) is 3.01. The van der Waals surface area contributed by atoms with Crippen molar-refractivity contribution in [2.75, 3.05) is 20.1 Å².